The van der Waals surface area contributed by atoms with Crippen LogP contribution >= 0.6 is 0 Å². The molecule has 1 atom stereocenters. The van der Waals surface area contributed by atoms with Crippen molar-refractivity contribution in [2.45, 2.75) is 19.1 Å². The summed E-state index contributed by atoms with van der Waals surface area (Å²) in [6.07, 6.45) is 2.25. The number of fused-ring (bicyclic) bond motifs is 1. The lowest BCUT2D eigenvalue weighted by molar-refractivity contribution is -0.153. The third-order valence-corrected chi connectivity index (χ3v) is 4.92. The number of hydrogen-bond donors (Lipinski definition) is 1. The molecule has 0 aliphatic rings. The minimum Gasteiger partial charge on any atom is -0.484 e. The largest absolute Gasteiger partial charge is 0.484 e. The van der Waals surface area contributed by atoms with Gasteiger partial charge in [-0.1, -0.05) is 0 Å². The number of nitrogens with one attached hydrogen (secondary N) is 1. The minimum absolute atomic E-state index is 0.0393. The highest BCUT2D eigenvalue weighted by atomic mass is 19.4. The lowest BCUT2D eigenvalue weighted by Gasteiger charge is -2.28. The molecule has 0 aliphatic carbocycles. The van der Waals surface area contributed by atoms with Crippen molar-refractivity contribution in [3.63, 3.8) is 0 Å². The van der Waals surface area contributed by atoms with E-state index in [4.69, 9.17) is 4.74 Å². The van der Waals surface area contributed by atoms with E-state index in [-0.39, 0.29) is 11.3 Å². The van der Waals surface area contributed by atoms with Crippen LogP contribution < -0.4 is 9.64 Å². The molecule has 0 spiro atoms. The number of H-pyrrole nitrogens is 1. The first-order chi connectivity index (χ1) is 14.7. The van der Waals surface area contributed by atoms with Gasteiger partial charge in [0.05, 0.1) is 18.4 Å². The highest BCUT2D eigenvalue weighted by molar-refractivity contribution is 5.76. The van der Waals surface area contributed by atoms with Crippen LogP contribution in [0.3, 0.4) is 0 Å². The second-order valence-corrected chi connectivity index (χ2v) is 6.97. The van der Waals surface area contributed by atoms with E-state index in [1.807, 2.05) is 0 Å². The van der Waals surface area contributed by atoms with E-state index >= 15 is 0 Å². The summed E-state index contributed by atoms with van der Waals surface area (Å²) in [5.74, 6) is -0.0880. The van der Waals surface area contributed by atoms with E-state index in [1.54, 1.807) is 54.2 Å². The van der Waals surface area contributed by atoms with E-state index in [0.29, 0.717) is 11.5 Å². The topological polar surface area (TPSA) is 71.3 Å². The van der Waals surface area contributed by atoms with Crippen LogP contribution in [-0.4, -0.2) is 44.6 Å². The Morgan fingerprint density at radius 2 is 2.03 bits per heavy atom. The van der Waals surface area contributed by atoms with Crippen molar-refractivity contribution in [2.24, 2.45) is 0 Å². The Balaban J connectivity index is 1.67. The number of nitrogens with zero attached hydrogens (tertiary/aromatic N) is 5. The lowest BCUT2D eigenvalue weighted by atomic mass is 10.1. The van der Waals surface area contributed by atoms with Crippen LogP contribution in [0.2, 0.25) is 0 Å². The van der Waals surface area contributed by atoms with Crippen LogP contribution in [0.1, 0.15) is 18.5 Å². The van der Waals surface area contributed by atoms with E-state index in [0.717, 1.165) is 17.2 Å². The first-order valence-corrected chi connectivity index (χ1v) is 9.28. The number of aromatic amines is 1. The molecule has 3 heterocycles. The van der Waals surface area contributed by atoms with Crippen LogP contribution in [0.5, 0.6) is 5.75 Å². The first kappa shape index (κ1) is 20.6. The van der Waals surface area contributed by atoms with Crippen molar-refractivity contribution < 1.29 is 22.3 Å². The zero-order chi connectivity index (χ0) is 22.2. The molecule has 0 fully saturated rings. The lowest BCUT2D eigenvalue weighted by Crippen LogP contribution is -2.25. The molecular formula is C20H18F4N6O. The number of benzene rings is 1. The SMILES string of the molecule is CC(c1cc(F)ccc1OCC(F)(F)F)N(C)c1ccn2ncc(-c3cn[nH]c3)c2n1. The molecule has 1 N–H and O–H groups in total. The van der Waals surface area contributed by atoms with Crippen LogP contribution in [0.15, 0.2) is 49.1 Å². The molecule has 1 unspecified atom stereocenters. The Kier molecular flexibility index (Phi) is 5.25. The Morgan fingerprint density at radius 3 is 2.74 bits per heavy atom. The smallest absolute Gasteiger partial charge is 0.422 e. The quantitative estimate of drug-likeness (QED) is 0.456. The average molecular weight is 434 g/mol. The zero-order valence-electron chi connectivity index (χ0n) is 16.6. The normalized spacial score (nSPS) is 12.8. The van der Waals surface area contributed by atoms with Crippen molar-refractivity contribution in [3.8, 4) is 16.9 Å². The summed E-state index contributed by atoms with van der Waals surface area (Å²) >= 11 is 0. The number of rotatable bonds is 6. The predicted octanol–water partition coefficient (Wildman–Crippen LogP) is 4.40. The van der Waals surface area contributed by atoms with Crippen LogP contribution in [-0.2, 0) is 0 Å². The molecule has 162 valence electrons. The summed E-state index contributed by atoms with van der Waals surface area (Å²) in [6, 6.07) is 4.61. The molecule has 0 saturated heterocycles. The standard InChI is InChI=1S/C20H18F4N6O/c1-12(15-7-14(21)3-4-17(15)31-11-20(22,23)24)29(2)18-5-6-30-19(28-18)16(10-27-30)13-8-25-26-9-13/h3-10,12H,11H2,1-2H3,(H,25,26). The molecule has 3 aromatic heterocycles. The van der Waals surface area contributed by atoms with E-state index < -0.39 is 24.6 Å². The molecule has 0 saturated carbocycles. The molecule has 31 heavy (non-hydrogen) atoms. The highest BCUT2D eigenvalue weighted by Crippen LogP contribution is 2.33. The summed E-state index contributed by atoms with van der Waals surface area (Å²) in [6.45, 7) is 0.268. The Labute approximate surface area is 174 Å². The van der Waals surface area contributed by atoms with Gasteiger partial charge in [0.2, 0.25) is 0 Å². The Hall–Kier alpha value is -3.63. The number of aromatic nitrogens is 5. The third kappa shape index (κ3) is 4.30. The fraction of sp³-hybridized carbons (Fsp3) is 0.250. The summed E-state index contributed by atoms with van der Waals surface area (Å²) in [4.78, 5) is 6.37. The fourth-order valence-electron chi connectivity index (χ4n) is 3.20. The summed E-state index contributed by atoms with van der Waals surface area (Å²) in [5.41, 5.74) is 2.42. The molecule has 0 aliphatic heterocycles. The number of halogens is 4. The van der Waals surface area contributed by atoms with Crippen LogP contribution in [0, 0.1) is 5.82 Å². The van der Waals surface area contributed by atoms with E-state index in [1.165, 1.54) is 12.1 Å². The number of anilines is 1. The molecule has 4 aromatic rings. The van der Waals surface area contributed by atoms with Crippen LogP contribution in [0.4, 0.5) is 23.4 Å². The van der Waals surface area contributed by atoms with Crippen molar-refractivity contribution in [1.82, 2.24) is 24.8 Å². The summed E-state index contributed by atoms with van der Waals surface area (Å²) in [5, 5.41) is 10.9. The zero-order valence-corrected chi connectivity index (χ0v) is 16.6. The average Bonchev–Trinajstić information content (AvgIpc) is 3.40. The number of alkyl halides is 3. The van der Waals surface area contributed by atoms with Gasteiger partial charge >= 0.3 is 6.18 Å². The third-order valence-electron chi connectivity index (χ3n) is 4.92. The van der Waals surface area contributed by atoms with Crippen molar-refractivity contribution in [2.75, 3.05) is 18.6 Å². The van der Waals surface area contributed by atoms with Gasteiger partial charge in [0.25, 0.3) is 0 Å². The van der Waals surface area contributed by atoms with Gasteiger partial charge in [-0.15, -0.1) is 0 Å². The van der Waals surface area contributed by atoms with Gasteiger partial charge in [-0.3, -0.25) is 5.10 Å². The monoisotopic (exact) mass is 434 g/mol. The molecule has 0 amide bonds. The summed E-state index contributed by atoms with van der Waals surface area (Å²) in [7, 11) is 1.72. The van der Waals surface area contributed by atoms with Gasteiger partial charge in [0, 0.05) is 36.1 Å². The maximum absolute atomic E-state index is 13.9. The minimum atomic E-state index is -4.50. The van der Waals surface area contributed by atoms with Crippen molar-refractivity contribution >= 4 is 11.5 Å². The Morgan fingerprint density at radius 1 is 1.23 bits per heavy atom. The summed E-state index contributed by atoms with van der Waals surface area (Å²) < 4.78 is 58.3. The maximum atomic E-state index is 13.9. The van der Waals surface area contributed by atoms with Gasteiger partial charge in [0.15, 0.2) is 12.3 Å². The van der Waals surface area contributed by atoms with Crippen molar-refractivity contribution in [1.29, 1.82) is 0 Å². The molecule has 4 rings (SSSR count). The van der Waals surface area contributed by atoms with E-state index in [2.05, 4.69) is 20.3 Å². The van der Waals surface area contributed by atoms with Crippen molar-refractivity contribution in [3.05, 3.63) is 60.4 Å². The second kappa shape index (κ2) is 7.89. The molecule has 0 radical (unpaired) electrons. The van der Waals surface area contributed by atoms with Gasteiger partial charge < -0.3 is 9.64 Å². The van der Waals surface area contributed by atoms with E-state index in [9.17, 15) is 17.6 Å². The molecule has 1 aromatic carbocycles. The van der Waals surface area contributed by atoms with Gasteiger partial charge in [-0.25, -0.2) is 13.9 Å². The maximum Gasteiger partial charge on any atom is 0.422 e. The molecular weight excluding hydrogens is 416 g/mol. The number of ether oxygens (including phenoxy) is 1. The van der Waals surface area contributed by atoms with Gasteiger partial charge in [-0.2, -0.15) is 23.4 Å². The number of hydrogen-bond acceptors (Lipinski definition) is 5. The molecule has 11 heteroatoms. The molecule has 7 nitrogen and oxygen atoms in total. The second-order valence-electron chi connectivity index (χ2n) is 6.97. The highest BCUT2D eigenvalue weighted by Gasteiger charge is 2.29. The Bertz CT molecular complexity index is 1190. The van der Waals surface area contributed by atoms with Gasteiger partial charge in [-0.05, 0) is 31.2 Å². The van der Waals surface area contributed by atoms with Crippen LogP contribution in [0.25, 0.3) is 16.8 Å². The first-order valence-electron chi connectivity index (χ1n) is 9.28. The predicted molar refractivity (Wildman–Crippen MR) is 105 cm³/mol. The fourth-order valence-corrected chi connectivity index (χ4v) is 3.20. The molecule has 0 bridgehead atoms. The van der Waals surface area contributed by atoms with Gasteiger partial charge in [0.1, 0.15) is 17.4 Å².